The van der Waals surface area contributed by atoms with E-state index in [2.05, 4.69) is 0 Å². The molecule has 0 saturated heterocycles. The zero-order valence-corrected chi connectivity index (χ0v) is 48.1. The summed E-state index contributed by atoms with van der Waals surface area (Å²) >= 11 is 0. The Morgan fingerprint density at radius 3 is 0.333 bits per heavy atom. The third-order valence-electron chi connectivity index (χ3n) is 12.5. The minimum atomic E-state index is -8.11. The van der Waals surface area contributed by atoms with Crippen molar-refractivity contribution in [1.29, 1.82) is 0 Å². The van der Waals surface area contributed by atoms with Crippen LogP contribution in [0.15, 0.2) is 0 Å². The average Bonchev–Trinajstić information content (AvgIpc) is 0.710. The minimum absolute atomic E-state index is 0. The Bertz CT molecular complexity index is 3970. The molecule has 6 nitrogen and oxygen atoms in total. The Labute approximate surface area is 525 Å². The van der Waals surface area contributed by atoms with E-state index in [1.165, 1.54) is 0 Å². The largest absolute Gasteiger partial charge is 1.00 e. The second kappa shape index (κ2) is 27.4. The van der Waals surface area contributed by atoms with Crippen LogP contribution in [0.25, 0.3) is 4.86 Å². The number of hydrogen-bond acceptors (Lipinski definition) is 4. The zero-order valence-electron chi connectivity index (χ0n) is 44.5. The first-order valence-corrected chi connectivity index (χ1v) is 29.7. The Morgan fingerprint density at radius 2 is 0.232 bits per heavy atom. The summed E-state index contributed by atoms with van der Waals surface area (Å²) in [5.41, 5.74) is 0. The monoisotopic (exact) mass is 1560 g/mol. The molecule has 8 aromatic rings. The van der Waals surface area contributed by atoms with Gasteiger partial charge in [-0.15, -0.1) is 0 Å². The third kappa shape index (κ3) is 11.8. The van der Waals surface area contributed by atoms with E-state index in [0.717, 1.165) is 0 Å². The number of rotatable bonds is 12. The molecule has 1 N–H and O–H groups in total. The fraction of sp³-hybridized carbons (Fsp3) is 0. The van der Waals surface area contributed by atoms with Crippen molar-refractivity contribution in [2.24, 2.45) is 0 Å². The molecule has 0 aliphatic rings. The summed E-state index contributed by atoms with van der Waals surface area (Å²) < 4.78 is 635. The van der Waals surface area contributed by atoms with Crippen LogP contribution in [0.4, 0.5) is 176 Å². The molecule has 8 rings (SSSR count). The van der Waals surface area contributed by atoms with Crippen molar-refractivity contribution in [3.8, 4) is 0 Å². The van der Waals surface area contributed by atoms with Crippen molar-refractivity contribution in [3.63, 3.8) is 0 Å². The molecule has 0 aromatic heterocycles. The Hall–Kier alpha value is -7.60. The van der Waals surface area contributed by atoms with Crippen LogP contribution >= 0.6 is 29.2 Å². The first kappa shape index (κ1) is 80.4. The van der Waals surface area contributed by atoms with Crippen molar-refractivity contribution in [2.75, 3.05) is 0 Å². The Kier molecular flexibility index (Phi) is 22.2. The van der Waals surface area contributed by atoms with Gasteiger partial charge < -0.3 is 14.0 Å². The number of nitrogens with one attached hydrogen (secondary N) is 1. The summed E-state index contributed by atoms with van der Waals surface area (Å²) in [5.74, 6) is -140. The molecule has 0 saturated carbocycles. The second-order valence-corrected chi connectivity index (χ2v) is 27.7. The molecule has 0 unspecified atom stereocenters. The maximum atomic E-state index is 15.0. The SMILES string of the molecule is O=P(NP(=O)(c1c(F)c(F)c(F)c(F)c1F)c1c(F)c(F)c(F)c(F)c1F)(c1c(F)c(F)c(F)c(F)c1F)c1c(F)c(F)c(F)c(F)c1F.O=P([N-]P(=O)(c1c(F)c(F)c(F)c(F)c1F)c1c(F)c(F)c(F)c(F)c1F)(c1c(F)c(F)c(F)c(F)c1F)c1c(F)c(F)c(F)c(F)c1F.[Li+]. The van der Waals surface area contributed by atoms with Crippen LogP contribution in [0, 0.1) is 233 Å². The molecule has 0 atom stereocenters. The van der Waals surface area contributed by atoms with Gasteiger partial charge in [0.05, 0.1) is 35.8 Å². The molecule has 0 fully saturated rings. The zero-order chi connectivity index (χ0) is 75.1. The van der Waals surface area contributed by atoms with E-state index < -0.39 is 304 Å². The fourth-order valence-corrected chi connectivity index (χ4v) is 21.0. The smallest absolute Gasteiger partial charge is 0.528 e. The first-order chi connectivity index (χ1) is 44.8. The van der Waals surface area contributed by atoms with Gasteiger partial charge >= 0.3 is 18.9 Å². The molecule has 0 amide bonds. The number of benzene rings is 8. The minimum Gasteiger partial charge on any atom is -0.528 e. The molecule has 0 spiro atoms. The van der Waals surface area contributed by atoms with E-state index in [4.69, 9.17) is 0 Å². The molecular weight excluding hydrogens is 1560 g/mol. The van der Waals surface area contributed by atoms with E-state index in [9.17, 15) is 124 Å². The van der Waals surface area contributed by atoms with Crippen molar-refractivity contribution in [3.05, 3.63) is 238 Å². The maximum absolute atomic E-state index is 15.0. The molecule has 528 valence electrons. The summed E-state index contributed by atoms with van der Waals surface area (Å²) in [6, 6.07) is 0. The Balaban J connectivity index is 0.000000309. The normalized spacial score (nSPS) is 12.2. The van der Waals surface area contributed by atoms with Gasteiger partial charge in [-0.2, -0.15) is 4.86 Å². The molecule has 0 radical (unpaired) electrons. The van der Waals surface area contributed by atoms with Crippen LogP contribution in [-0.2, 0) is 18.3 Å². The molecule has 51 heteroatoms. The quantitative estimate of drug-likeness (QED) is 0.0432. The fourth-order valence-electron chi connectivity index (χ4n) is 8.12. The Morgan fingerprint density at radius 1 is 0.152 bits per heavy atom. The maximum Gasteiger partial charge on any atom is 1.00 e. The predicted molar refractivity (Wildman–Crippen MR) is 244 cm³/mol. The van der Waals surface area contributed by atoms with E-state index in [0.29, 0.717) is 0 Å². The van der Waals surface area contributed by atoms with Crippen LogP contribution in [0.2, 0.25) is 0 Å². The van der Waals surface area contributed by atoms with Crippen LogP contribution in [0.3, 0.4) is 0 Å². The van der Waals surface area contributed by atoms with E-state index in [1.54, 1.807) is 0 Å². The van der Waals surface area contributed by atoms with Crippen LogP contribution in [0.1, 0.15) is 0 Å². The summed E-state index contributed by atoms with van der Waals surface area (Å²) in [5, 5.41) is -28.0. The molecule has 0 heterocycles. The van der Waals surface area contributed by atoms with Gasteiger partial charge in [-0.25, -0.2) is 176 Å². The van der Waals surface area contributed by atoms with Gasteiger partial charge in [0.2, 0.25) is 61.1 Å². The van der Waals surface area contributed by atoms with Crippen molar-refractivity contribution in [2.45, 2.75) is 0 Å². The van der Waals surface area contributed by atoms with Crippen molar-refractivity contribution >= 4 is 71.6 Å². The van der Waals surface area contributed by atoms with E-state index in [-0.39, 0.29) is 23.7 Å². The predicted octanol–water partition coefficient (Wildman–Crippen LogP) is 12.2. The van der Waals surface area contributed by atoms with Gasteiger partial charge in [-0.05, 0) is 0 Å². The second-order valence-electron chi connectivity index (χ2n) is 17.9. The summed E-state index contributed by atoms with van der Waals surface area (Å²) in [4.78, 5) is 1.99. The van der Waals surface area contributed by atoms with Gasteiger partial charge in [-0.3, -0.25) is 9.13 Å². The third-order valence-corrected chi connectivity index (χ3v) is 24.9. The van der Waals surface area contributed by atoms with Crippen LogP contribution in [-0.4, -0.2) is 0 Å². The standard InChI is InChI=1S/C24HF20NO2P2.C24F20NO2P2.Li/c2*25-1-5(29)13(37)21(14(38)6(1)30)48(46,22-15(39)7(31)2(26)8(32)16(22)40)45-49(47,23-17(41)9(33)3(27)10(34)18(23)42)24-19(43)11(35)4(28)12(36)20(24)44;/h(H,45,46,47);;/q;-1;+1. The van der Waals surface area contributed by atoms with Gasteiger partial charge in [0.15, 0.2) is 186 Å². The van der Waals surface area contributed by atoms with Crippen LogP contribution in [0.5, 0.6) is 0 Å². The number of hydrogen-bond donors (Lipinski definition) is 1. The van der Waals surface area contributed by atoms with Crippen LogP contribution < -0.4 is 66.2 Å². The van der Waals surface area contributed by atoms with Gasteiger partial charge in [-0.1, -0.05) is 0 Å². The summed E-state index contributed by atoms with van der Waals surface area (Å²) in [6.45, 7) is 0. The molecule has 0 aliphatic carbocycles. The first-order valence-electron chi connectivity index (χ1n) is 22.9. The van der Waals surface area contributed by atoms with E-state index >= 15 is 70.2 Å². The van der Waals surface area contributed by atoms with Gasteiger partial charge in [0.1, 0.15) is 21.2 Å². The molecule has 99 heavy (non-hydrogen) atoms. The summed E-state index contributed by atoms with van der Waals surface area (Å²) in [6.07, 6.45) is 0. The molecule has 8 aromatic carbocycles. The molecule has 0 aliphatic heterocycles. The number of nitrogens with zero attached hydrogens (tertiary/aromatic N) is 1. The molecular formula is C48HF40LiN2O4P4. The van der Waals surface area contributed by atoms with Gasteiger partial charge in [0.25, 0.3) is 0 Å². The molecule has 0 bridgehead atoms. The number of halogens is 40. The van der Waals surface area contributed by atoms with Gasteiger partial charge in [0, 0.05) is 0 Å². The van der Waals surface area contributed by atoms with Crippen molar-refractivity contribution in [1.82, 2.24) is 4.86 Å². The van der Waals surface area contributed by atoms with E-state index in [1.807, 2.05) is 4.86 Å². The average molecular weight is 1560 g/mol. The summed E-state index contributed by atoms with van der Waals surface area (Å²) in [7, 11) is -32.2. The van der Waals surface area contributed by atoms with Crippen molar-refractivity contribution < 1.29 is 213 Å². The topological polar surface area (TPSA) is 94.4 Å².